The van der Waals surface area contributed by atoms with Crippen LogP contribution in [0.15, 0.2) is 0 Å². The summed E-state index contributed by atoms with van der Waals surface area (Å²) in [5.41, 5.74) is 5.76. The standard InChI is InChI=1S/C11H22N2O2/c1-4-11(2)5-6-13(8-11)10(14)9(7-12)15-3/h9H,4-8,12H2,1-3H3. The average molecular weight is 214 g/mol. The van der Waals surface area contributed by atoms with Gasteiger partial charge in [-0.2, -0.15) is 0 Å². The molecular weight excluding hydrogens is 192 g/mol. The van der Waals surface area contributed by atoms with Crippen molar-refractivity contribution in [1.29, 1.82) is 0 Å². The van der Waals surface area contributed by atoms with Gasteiger partial charge in [-0.05, 0) is 18.3 Å². The quantitative estimate of drug-likeness (QED) is 0.746. The molecule has 0 aromatic heterocycles. The number of hydrogen-bond acceptors (Lipinski definition) is 3. The third-order valence-corrected chi connectivity index (χ3v) is 3.50. The Morgan fingerprint density at radius 1 is 1.67 bits per heavy atom. The molecule has 15 heavy (non-hydrogen) atoms. The van der Waals surface area contributed by atoms with E-state index in [9.17, 15) is 4.79 Å². The SMILES string of the molecule is CCC1(C)CCN(C(=O)C(CN)OC)C1. The van der Waals surface area contributed by atoms with Gasteiger partial charge in [-0.25, -0.2) is 0 Å². The van der Waals surface area contributed by atoms with Crippen molar-refractivity contribution in [2.75, 3.05) is 26.7 Å². The maximum Gasteiger partial charge on any atom is 0.253 e. The van der Waals surface area contributed by atoms with Gasteiger partial charge in [0.2, 0.25) is 0 Å². The van der Waals surface area contributed by atoms with E-state index in [1.54, 1.807) is 0 Å². The summed E-state index contributed by atoms with van der Waals surface area (Å²) < 4.78 is 5.06. The maximum absolute atomic E-state index is 11.9. The molecule has 0 saturated carbocycles. The van der Waals surface area contributed by atoms with Crippen molar-refractivity contribution in [3.63, 3.8) is 0 Å². The molecule has 0 aromatic rings. The molecular formula is C11H22N2O2. The zero-order chi connectivity index (χ0) is 11.5. The molecule has 0 bridgehead atoms. The van der Waals surface area contributed by atoms with Gasteiger partial charge < -0.3 is 15.4 Å². The average Bonchev–Trinajstić information content (AvgIpc) is 2.63. The van der Waals surface area contributed by atoms with Gasteiger partial charge >= 0.3 is 0 Å². The van der Waals surface area contributed by atoms with Gasteiger partial charge in [0.25, 0.3) is 5.91 Å². The lowest BCUT2D eigenvalue weighted by Crippen LogP contribution is -2.43. The number of rotatable bonds is 4. The van der Waals surface area contributed by atoms with E-state index in [0.717, 1.165) is 25.9 Å². The lowest BCUT2D eigenvalue weighted by molar-refractivity contribution is -0.140. The first-order valence-corrected chi connectivity index (χ1v) is 5.58. The van der Waals surface area contributed by atoms with Gasteiger partial charge in [-0.3, -0.25) is 4.79 Å². The number of methoxy groups -OCH3 is 1. The molecule has 1 heterocycles. The van der Waals surface area contributed by atoms with Gasteiger partial charge in [0, 0.05) is 26.7 Å². The highest BCUT2D eigenvalue weighted by atomic mass is 16.5. The fourth-order valence-electron chi connectivity index (χ4n) is 2.00. The Morgan fingerprint density at radius 3 is 2.73 bits per heavy atom. The van der Waals surface area contributed by atoms with Crippen molar-refractivity contribution in [2.45, 2.75) is 32.8 Å². The predicted octanol–water partition coefficient (Wildman–Crippen LogP) is 0.609. The van der Waals surface area contributed by atoms with E-state index in [1.807, 2.05) is 4.90 Å². The topological polar surface area (TPSA) is 55.6 Å². The van der Waals surface area contributed by atoms with Crippen molar-refractivity contribution in [1.82, 2.24) is 4.90 Å². The second-order valence-electron chi connectivity index (χ2n) is 4.63. The summed E-state index contributed by atoms with van der Waals surface area (Å²) in [6.45, 7) is 6.33. The normalized spacial score (nSPS) is 28.1. The van der Waals surface area contributed by atoms with E-state index in [0.29, 0.717) is 0 Å². The summed E-state index contributed by atoms with van der Waals surface area (Å²) in [6.07, 6.45) is 1.72. The van der Waals surface area contributed by atoms with E-state index >= 15 is 0 Å². The minimum atomic E-state index is -0.468. The zero-order valence-corrected chi connectivity index (χ0v) is 9.95. The number of nitrogens with two attached hydrogens (primary N) is 1. The molecule has 0 aromatic carbocycles. The summed E-state index contributed by atoms with van der Waals surface area (Å²) >= 11 is 0. The molecule has 2 atom stereocenters. The van der Waals surface area contributed by atoms with E-state index in [-0.39, 0.29) is 17.9 Å². The van der Waals surface area contributed by atoms with E-state index in [4.69, 9.17) is 10.5 Å². The van der Waals surface area contributed by atoms with Crippen molar-refractivity contribution in [3.05, 3.63) is 0 Å². The van der Waals surface area contributed by atoms with Crippen LogP contribution in [0, 0.1) is 5.41 Å². The lowest BCUT2D eigenvalue weighted by atomic mass is 9.87. The summed E-state index contributed by atoms with van der Waals surface area (Å²) in [5.74, 6) is 0.0391. The highest BCUT2D eigenvalue weighted by Crippen LogP contribution is 2.33. The molecule has 0 spiro atoms. The first-order valence-electron chi connectivity index (χ1n) is 5.58. The highest BCUT2D eigenvalue weighted by Gasteiger charge is 2.36. The number of hydrogen-bond donors (Lipinski definition) is 1. The Labute approximate surface area is 91.8 Å². The second-order valence-corrected chi connectivity index (χ2v) is 4.63. The van der Waals surface area contributed by atoms with Gasteiger partial charge in [0.15, 0.2) is 0 Å². The van der Waals surface area contributed by atoms with Crippen molar-refractivity contribution in [2.24, 2.45) is 11.1 Å². The summed E-state index contributed by atoms with van der Waals surface area (Å²) in [6, 6.07) is 0. The van der Waals surface area contributed by atoms with E-state index < -0.39 is 6.10 Å². The number of nitrogens with zero attached hydrogens (tertiary/aromatic N) is 1. The smallest absolute Gasteiger partial charge is 0.253 e. The first-order chi connectivity index (χ1) is 7.06. The number of carbonyl (C=O) groups excluding carboxylic acids is 1. The van der Waals surface area contributed by atoms with Crippen LogP contribution in [0.5, 0.6) is 0 Å². The summed E-state index contributed by atoms with van der Waals surface area (Å²) in [7, 11) is 1.53. The highest BCUT2D eigenvalue weighted by molar-refractivity contribution is 5.81. The second kappa shape index (κ2) is 4.94. The summed E-state index contributed by atoms with van der Waals surface area (Å²) in [4.78, 5) is 13.8. The molecule has 2 N–H and O–H groups in total. The van der Waals surface area contributed by atoms with Gasteiger partial charge in [-0.1, -0.05) is 13.8 Å². The molecule has 0 radical (unpaired) electrons. The molecule has 1 amide bonds. The van der Waals surface area contributed by atoms with Crippen LogP contribution in [0.3, 0.4) is 0 Å². The Bertz CT molecular complexity index is 229. The van der Waals surface area contributed by atoms with Crippen molar-refractivity contribution in [3.8, 4) is 0 Å². The zero-order valence-electron chi connectivity index (χ0n) is 9.95. The van der Waals surface area contributed by atoms with Gasteiger partial charge in [0.1, 0.15) is 6.10 Å². The maximum atomic E-state index is 11.9. The molecule has 1 fully saturated rings. The Balaban J connectivity index is 2.57. The van der Waals surface area contributed by atoms with Crippen LogP contribution in [-0.4, -0.2) is 43.7 Å². The first kappa shape index (κ1) is 12.5. The molecule has 1 saturated heterocycles. The molecule has 1 aliphatic heterocycles. The molecule has 4 heteroatoms. The Morgan fingerprint density at radius 2 is 2.33 bits per heavy atom. The van der Waals surface area contributed by atoms with E-state index in [2.05, 4.69) is 13.8 Å². The van der Waals surface area contributed by atoms with Crippen LogP contribution < -0.4 is 5.73 Å². The Kier molecular flexibility index (Phi) is 4.11. The van der Waals surface area contributed by atoms with Crippen molar-refractivity contribution >= 4 is 5.91 Å². The number of amides is 1. The van der Waals surface area contributed by atoms with Crippen LogP contribution in [0.2, 0.25) is 0 Å². The van der Waals surface area contributed by atoms with Gasteiger partial charge in [-0.15, -0.1) is 0 Å². The number of ether oxygens (including phenoxy) is 1. The monoisotopic (exact) mass is 214 g/mol. The molecule has 1 aliphatic rings. The fraction of sp³-hybridized carbons (Fsp3) is 0.909. The minimum absolute atomic E-state index is 0.0391. The fourth-order valence-corrected chi connectivity index (χ4v) is 2.00. The van der Waals surface area contributed by atoms with Crippen LogP contribution in [0.1, 0.15) is 26.7 Å². The summed E-state index contributed by atoms with van der Waals surface area (Å²) in [5, 5.41) is 0. The molecule has 1 rings (SSSR count). The lowest BCUT2D eigenvalue weighted by Gasteiger charge is -2.25. The van der Waals surface area contributed by atoms with Crippen LogP contribution in [0.4, 0.5) is 0 Å². The minimum Gasteiger partial charge on any atom is -0.370 e. The van der Waals surface area contributed by atoms with Crippen molar-refractivity contribution < 1.29 is 9.53 Å². The third-order valence-electron chi connectivity index (χ3n) is 3.50. The Hall–Kier alpha value is -0.610. The molecule has 4 nitrogen and oxygen atoms in total. The molecule has 88 valence electrons. The molecule has 0 aliphatic carbocycles. The largest absolute Gasteiger partial charge is 0.370 e. The van der Waals surface area contributed by atoms with Gasteiger partial charge in [0.05, 0.1) is 0 Å². The number of likely N-dealkylation sites (tertiary alicyclic amines) is 1. The van der Waals surface area contributed by atoms with Crippen LogP contribution in [-0.2, 0) is 9.53 Å². The van der Waals surface area contributed by atoms with Crippen LogP contribution in [0.25, 0.3) is 0 Å². The van der Waals surface area contributed by atoms with Crippen LogP contribution >= 0.6 is 0 Å². The number of carbonyl (C=O) groups is 1. The van der Waals surface area contributed by atoms with E-state index in [1.165, 1.54) is 7.11 Å². The predicted molar refractivity (Wildman–Crippen MR) is 59.4 cm³/mol. The molecule has 2 unspecified atom stereocenters. The third kappa shape index (κ3) is 2.69.